The van der Waals surface area contributed by atoms with E-state index in [-0.39, 0.29) is 17.3 Å². The smallest absolute Gasteiger partial charge is 0.239 e. The Labute approximate surface area is 162 Å². The quantitative estimate of drug-likeness (QED) is 0.749. The van der Waals surface area contributed by atoms with Gasteiger partial charge in [0.05, 0.1) is 29.5 Å². The van der Waals surface area contributed by atoms with Crippen molar-refractivity contribution < 1.29 is 17.9 Å². The molecule has 0 heterocycles. The van der Waals surface area contributed by atoms with Gasteiger partial charge in [0.1, 0.15) is 5.75 Å². The van der Waals surface area contributed by atoms with Gasteiger partial charge in [-0.2, -0.15) is 4.31 Å². The third kappa shape index (κ3) is 5.60. The summed E-state index contributed by atoms with van der Waals surface area (Å²) in [5.74, 6) is -0.158. The first-order valence-electron chi connectivity index (χ1n) is 7.53. The van der Waals surface area contributed by atoms with Gasteiger partial charge in [-0.1, -0.05) is 35.3 Å². The van der Waals surface area contributed by atoms with Crippen molar-refractivity contribution in [2.24, 2.45) is 0 Å². The van der Waals surface area contributed by atoms with Gasteiger partial charge in [-0.05, 0) is 29.8 Å². The first-order chi connectivity index (χ1) is 12.2. The maximum absolute atomic E-state index is 12.4. The molecule has 6 nitrogen and oxygen atoms in total. The minimum Gasteiger partial charge on any atom is -0.497 e. The summed E-state index contributed by atoms with van der Waals surface area (Å²) in [6.45, 7) is -0.319. The lowest BCUT2D eigenvalue weighted by molar-refractivity contribution is -0.116. The molecule has 0 saturated heterocycles. The first kappa shape index (κ1) is 20.5. The van der Waals surface area contributed by atoms with E-state index in [1.807, 2.05) is 0 Å². The van der Waals surface area contributed by atoms with Crippen molar-refractivity contribution in [2.45, 2.75) is 5.75 Å². The Bertz CT molecular complexity index is 903. The number of nitrogens with zero attached hydrogens (tertiary/aromatic N) is 1. The highest BCUT2D eigenvalue weighted by molar-refractivity contribution is 7.88. The summed E-state index contributed by atoms with van der Waals surface area (Å²) in [6.07, 6.45) is 0. The Hall–Kier alpha value is -1.80. The molecule has 1 amide bonds. The third-order valence-electron chi connectivity index (χ3n) is 3.53. The lowest BCUT2D eigenvalue weighted by Crippen LogP contribution is -2.35. The molecule has 0 bridgehead atoms. The molecule has 0 aliphatic heterocycles. The topological polar surface area (TPSA) is 75.7 Å². The maximum Gasteiger partial charge on any atom is 0.239 e. The molecule has 0 saturated carbocycles. The number of benzene rings is 2. The van der Waals surface area contributed by atoms with Gasteiger partial charge >= 0.3 is 0 Å². The van der Waals surface area contributed by atoms with E-state index < -0.39 is 15.9 Å². The molecule has 1 N–H and O–H groups in total. The average molecular weight is 417 g/mol. The van der Waals surface area contributed by atoms with Crippen molar-refractivity contribution in [3.05, 3.63) is 58.1 Å². The van der Waals surface area contributed by atoms with Crippen LogP contribution in [0, 0.1) is 0 Å². The second-order valence-electron chi connectivity index (χ2n) is 5.54. The lowest BCUT2D eigenvalue weighted by Gasteiger charge is -2.17. The van der Waals surface area contributed by atoms with Crippen LogP contribution < -0.4 is 10.1 Å². The summed E-state index contributed by atoms with van der Waals surface area (Å²) < 4.78 is 30.9. The number of halogens is 2. The summed E-state index contributed by atoms with van der Waals surface area (Å²) >= 11 is 11.7. The van der Waals surface area contributed by atoms with Gasteiger partial charge in [0, 0.05) is 18.8 Å². The fourth-order valence-corrected chi connectivity index (χ4v) is 3.61. The zero-order chi connectivity index (χ0) is 19.3. The minimum absolute atomic E-state index is 0.276. The first-order valence-corrected chi connectivity index (χ1v) is 9.89. The zero-order valence-electron chi connectivity index (χ0n) is 14.2. The SMILES string of the molecule is COc1cccc(NC(=O)CN(C)S(=O)(=O)Cc2ccc(Cl)c(Cl)c2)c1. The molecule has 0 fully saturated rings. The molecule has 2 aromatic rings. The number of nitrogens with one attached hydrogen (secondary N) is 1. The summed E-state index contributed by atoms with van der Waals surface area (Å²) in [5.41, 5.74) is 1.00. The number of hydrogen-bond donors (Lipinski definition) is 1. The van der Waals surface area contributed by atoms with Gasteiger partial charge in [-0.3, -0.25) is 4.79 Å². The number of amides is 1. The van der Waals surface area contributed by atoms with E-state index in [0.29, 0.717) is 22.0 Å². The normalized spacial score (nSPS) is 11.4. The van der Waals surface area contributed by atoms with Crippen LogP contribution in [0.25, 0.3) is 0 Å². The number of methoxy groups -OCH3 is 1. The van der Waals surface area contributed by atoms with E-state index in [4.69, 9.17) is 27.9 Å². The summed E-state index contributed by atoms with van der Waals surface area (Å²) in [5, 5.41) is 3.26. The van der Waals surface area contributed by atoms with Gasteiger partial charge < -0.3 is 10.1 Å². The number of sulfonamides is 1. The molecule has 2 rings (SSSR count). The molecule has 9 heteroatoms. The van der Waals surface area contributed by atoms with E-state index in [1.54, 1.807) is 30.3 Å². The van der Waals surface area contributed by atoms with E-state index in [0.717, 1.165) is 4.31 Å². The van der Waals surface area contributed by atoms with Crippen LogP contribution in [-0.2, 0) is 20.6 Å². The van der Waals surface area contributed by atoms with Gasteiger partial charge in [-0.15, -0.1) is 0 Å². The Kier molecular flexibility index (Phi) is 6.88. The largest absolute Gasteiger partial charge is 0.497 e. The zero-order valence-corrected chi connectivity index (χ0v) is 16.5. The van der Waals surface area contributed by atoms with Crippen LogP contribution in [0.2, 0.25) is 10.0 Å². The van der Waals surface area contributed by atoms with Crippen LogP contribution in [-0.4, -0.2) is 39.3 Å². The van der Waals surface area contributed by atoms with Crippen molar-refractivity contribution in [2.75, 3.05) is 26.0 Å². The molecule has 0 atom stereocenters. The van der Waals surface area contributed by atoms with Crippen LogP contribution in [0.3, 0.4) is 0 Å². The van der Waals surface area contributed by atoms with E-state index in [2.05, 4.69) is 5.32 Å². The number of likely N-dealkylation sites (N-methyl/N-ethyl adjacent to an activating group) is 1. The lowest BCUT2D eigenvalue weighted by atomic mass is 10.2. The van der Waals surface area contributed by atoms with Crippen LogP contribution in [0.1, 0.15) is 5.56 Å². The van der Waals surface area contributed by atoms with Crippen molar-refractivity contribution >= 4 is 44.8 Å². The maximum atomic E-state index is 12.4. The number of carbonyl (C=O) groups is 1. The Morgan fingerprint density at radius 1 is 1.15 bits per heavy atom. The fourth-order valence-electron chi connectivity index (χ4n) is 2.15. The Morgan fingerprint density at radius 3 is 2.54 bits per heavy atom. The average Bonchev–Trinajstić information content (AvgIpc) is 2.58. The highest BCUT2D eigenvalue weighted by atomic mass is 35.5. The van der Waals surface area contributed by atoms with E-state index in [1.165, 1.54) is 26.3 Å². The molecule has 0 aliphatic carbocycles. The number of anilines is 1. The van der Waals surface area contributed by atoms with Gasteiger partial charge in [-0.25, -0.2) is 8.42 Å². The highest BCUT2D eigenvalue weighted by Gasteiger charge is 2.21. The van der Waals surface area contributed by atoms with Crippen molar-refractivity contribution in [1.82, 2.24) is 4.31 Å². The van der Waals surface area contributed by atoms with Crippen molar-refractivity contribution in [3.8, 4) is 5.75 Å². The molecule has 0 radical (unpaired) electrons. The molecule has 0 aliphatic rings. The van der Waals surface area contributed by atoms with Gasteiger partial charge in [0.2, 0.25) is 15.9 Å². The van der Waals surface area contributed by atoms with E-state index >= 15 is 0 Å². The van der Waals surface area contributed by atoms with Crippen LogP contribution in [0.5, 0.6) is 5.75 Å². The number of carbonyl (C=O) groups excluding carboxylic acids is 1. The minimum atomic E-state index is -3.70. The molecular formula is C17H18Cl2N2O4S. The van der Waals surface area contributed by atoms with Crippen LogP contribution in [0.15, 0.2) is 42.5 Å². The van der Waals surface area contributed by atoms with Crippen LogP contribution in [0.4, 0.5) is 5.69 Å². The molecule has 0 spiro atoms. The predicted molar refractivity (Wildman–Crippen MR) is 103 cm³/mol. The Balaban J connectivity index is 2.01. The second-order valence-corrected chi connectivity index (χ2v) is 8.43. The monoisotopic (exact) mass is 416 g/mol. The summed E-state index contributed by atoms with van der Waals surface area (Å²) in [4.78, 5) is 12.1. The predicted octanol–water partition coefficient (Wildman–Crippen LogP) is 3.40. The molecule has 2 aromatic carbocycles. The molecule has 0 unspecified atom stereocenters. The van der Waals surface area contributed by atoms with Crippen molar-refractivity contribution in [1.29, 1.82) is 0 Å². The van der Waals surface area contributed by atoms with Gasteiger partial charge in [0.25, 0.3) is 0 Å². The molecule has 26 heavy (non-hydrogen) atoms. The van der Waals surface area contributed by atoms with Crippen molar-refractivity contribution in [3.63, 3.8) is 0 Å². The number of rotatable bonds is 7. The van der Waals surface area contributed by atoms with Gasteiger partial charge in [0.15, 0.2) is 0 Å². The third-order valence-corrected chi connectivity index (χ3v) is 6.04. The number of hydrogen-bond acceptors (Lipinski definition) is 4. The summed E-state index contributed by atoms with van der Waals surface area (Å²) in [7, 11) is -0.834. The fraction of sp³-hybridized carbons (Fsp3) is 0.235. The van der Waals surface area contributed by atoms with E-state index in [9.17, 15) is 13.2 Å². The second kappa shape index (κ2) is 8.73. The summed E-state index contributed by atoms with van der Waals surface area (Å²) in [6, 6.07) is 11.4. The molecular weight excluding hydrogens is 399 g/mol. The molecule has 140 valence electrons. The standard InChI is InChI=1S/C17H18Cl2N2O4S/c1-21(10-17(22)20-13-4-3-5-14(9-13)25-2)26(23,24)11-12-6-7-15(18)16(19)8-12/h3-9H,10-11H2,1-2H3,(H,20,22). The number of ether oxygens (including phenoxy) is 1. The molecule has 0 aromatic heterocycles. The highest BCUT2D eigenvalue weighted by Crippen LogP contribution is 2.24. The Morgan fingerprint density at radius 2 is 1.88 bits per heavy atom. The van der Waals surface area contributed by atoms with Crippen LogP contribution >= 0.6 is 23.2 Å².